The average molecular weight is 484 g/mol. The summed E-state index contributed by atoms with van der Waals surface area (Å²) in [6, 6.07) is 9.14. The van der Waals surface area contributed by atoms with Gasteiger partial charge >= 0.3 is 5.97 Å². The van der Waals surface area contributed by atoms with Gasteiger partial charge in [-0.05, 0) is 50.6 Å². The first-order valence-corrected chi connectivity index (χ1v) is 11.7. The number of ether oxygens (including phenoxy) is 2. The van der Waals surface area contributed by atoms with Gasteiger partial charge < -0.3 is 14.8 Å². The largest absolute Gasteiger partial charge is 0.497 e. The van der Waals surface area contributed by atoms with Crippen LogP contribution in [0.5, 0.6) is 5.75 Å². The molecule has 3 aromatic rings. The molecule has 2 aromatic heterocycles. The maximum atomic E-state index is 12.7. The summed E-state index contributed by atoms with van der Waals surface area (Å²) in [7, 11) is 1.56. The van der Waals surface area contributed by atoms with E-state index in [0.717, 1.165) is 28.5 Å². The van der Waals surface area contributed by atoms with Crippen molar-refractivity contribution in [3.63, 3.8) is 0 Å². The van der Waals surface area contributed by atoms with E-state index >= 15 is 0 Å². The topological polar surface area (TPSA) is 118 Å². The number of hydrogen-bond donors (Lipinski definition) is 1. The van der Waals surface area contributed by atoms with Crippen molar-refractivity contribution in [2.75, 3.05) is 24.8 Å². The highest BCUT2D eigenvalue weighted by atomic mass is 32.2. The van der Waals surface area contributed by atoms with E-state index in [1.165, 1.54) is 6.92 Å². The fraction of sp³-hybridized carbons (Fsp3) is 0.261. The minimum Gasteiger partial charge on any atom is -0.497 e. The SMILES string of the molecule is CCOC(=O)c1c(NC(=O)CSc2nc3ccc(OC)cc3cc2C#N)sc(C(C)=O)c1C. The Morgan fingerprint density at radius 2 is 2.03 bits per heavy atom. The molecule has 170 valence electrons. The van der Waals surface area contributed by atoms with Gasteiger partial charge in [0.1, 0.15) is 21.8 Å². The predicted octanol–water partition coefficient (Wildman–Crippen LogP) is 4.60. The first-order chi connectivity index (χ1) is 15.8. The molecule has 10 heteroatoms. The van der Waals surface area contributed by atoms with Crippen LogP contribution >= 0.6 is 23.1 Å². The average Bonchev–Trinajstić information content (AvgIpc) is 3.12. The van der Waals surface area contributed by atoms with Crippen LogP contribution < -0.4 is 10.1 Å². The fourth-order valence-corrected chi connectivity index (χ4v) is 5.01. The maximum absolute atomic E-state index is 12.7. The Labute approximate surface area is 198 Å². The molecule has 0 unspecified atom stereocenters. The molecule has 8 nitrogen and oxygen atoms in total. The van der Waals surface area contributed by atoms with E-state index in [9.17, 15) is 19.6 Å². The molecule has 0 aliphatic rings. The highest BCUT2D eigenvalue weighted by Crippen LogP contribution is 2.34. The van der Waals surface area contributed by atoms with Crippen LogP contribution in [0.4, 0.5) is 5.00 Å². The number of ketones is 1. The monoisotopic (exact) mass is 483 g/mol. The first kappa shape index (κ1) is 24.2. The van der Waals surface area contributed by atoms with E-state index in [0.29, 0.717) is 32.3 Å². The molecule has 1 N–H and O–H groups in total. The van der Waals surface area contributed by atoms with Gasteiger partial charge in [0.25, 0.3) is 0 Å². The lowest BCUT2D eigenvalue weighted by molar-refractivity contribution is -0.113. The van der Waals surface area contributed by atoms with E-state index < -0.39 is 11.9 Å². The van der Waals surface area contributed by atoms with Crippen molar-refractivity contribution in [3.8, 4) is 11.8 Å². The van der Waals surface area contributed by atoms with Crippen LogP contribution in [-0.4, -0.2) is 42.1 Å². The van der Waals surface area contributed by atoms with Gasteiger partial charge in [-0.25, -0.2) is 9.78 Å². The second-order valence-electron chi connectivity index (χ2n) is 6.89. The molecule has 1 aromatic carbocycles. The Morgan fingerprint density at radius 1 is 1.27 bits per heavy atom. The summed E-state index contributed by atoms with van der Waals surface area (Å²) in [4.78, 5) is 41.9. The Bertz CT molecular complexity index is 1290. The van der Waals surface area contributed by atoms with Crippen molar-refractivity contribution in [3.05, 3.63) is 45.8 Å². The molecule has 0 bridgehead atoms. The molecule has 0 atom stereocenters. The maximum Gasteiger partial charge on any atom is 0.341 e. The third-order valence-electron chi connectivity index (χ3n) is 4.65. The number of methoxy groups -OCH3 is 1. The molecule has 0 saturated heterocycles. The molecular formula is C23H21N3O5S2. The number of Topliss-reactive ketones (excluding diaryl/α,β-unsaturated/α-hetero) is 1. The van der Waals surface area contributed by atoms with Crippen LogP contribution in [0.1, 0.15) is 45.0 Å². The summed E-state index contributed by atoms with van der Waals surface area (Å²) < 4.78 is 10.3. The van der Waals surface area contributed by atoms with Crippen molar-refractivity contribution in [1.82, 2.24) is 4.98 Å². The normalized spacial score (nSPS) is 10.5. The number of anilines is 1. The van der Waals surface area contributed by atoms with Gasteiger partial charge in [0, 0.05) is 5.39 Å². The predicted molar refractivity (Wildman–Crippen MR) is 127 cm³/mol. The highest BCUT2D eigenvalue weighted by Gasteiger charge is 2.25. The first-order valence-electron chi connectivity index (χ1n) is 9.92. The third-order valence-corrected chi connectivity index (χ3v) is 6.95. The highest BCUT2D eigenvalue weighted by molar-refractivity contribution is 8.00. The number of thioether (sulfide) groups is 1. The molecular weight excluding hydrogens is 462 g/mol. The van der Waals surface area contributed by atoms with Crippen molar-refractivity contribution in [1.29, 1.82) is 5.26 Å². The van der Waals surface area contributed by atoms with Crippen molar-refractivity contribution >= 4 is 56.7 Å². The number of pyridine rings is 1. The molecule has 0 aliphatic carbocycles. The molecule has 0 saturated carbocycles. The van der Waals surface area contributed by atoms with E-state index in [1.54, 1.807) is 45.2 Å². The summed E-state index contributed by atoms with van der Waals surface area (Å²) in [6.07, 6.45) is 0. The van der Waals surface area contributed by atoms with Gasteiger partial charge in [-0.1, -0.05) is 11.8 Å². The number of fused-ring (bicyclic) bond motifs is 1. The van der Waals surface area contributed by atoms with Crippen LogP contribution in [0.25, 0.3) is 10.9 Å². The van der Waals surface area contributed by atoms with Crippen molar-refractivity contribution < 1.29 is 23.9 Å². The number of thiophene rings is 1. The summed E-state index contributed by atoms with van der Waals surface area (Å²) in [5.41, 5.74) is 1.67. The molecule has 2 heterocycles. The quantitative estimate of drug-likeness (QED) is 0.281. The number of aromatic nitrogens is 1. The number of carbonyl (C=O) groups excluding carboxylic acids is 3. The zero-order chi connectivity index (χ0) is 24.1. The Morgan fingerprint density at radius 3 is 2.67 bits per heavy atom. The van der Waals surface area contributed by atoms with Gasteiger partial charge in [0.15, 0.2) is 5.78 Å². The number of nitrogens with zero attached hydrogens (tertiary/aromatic N) is 2. The number of rotatable bonds is 8. The number of carbonyl (C=O) groups is 3. The molecule has 33 heavy (non-hydrogen) atoms. The summed E-state index contributed by atoms with van der Waals surface area (Å²) in [5.74, 6) is -0.588. The van der Waals surface area contributed by atoms with Crippen LogP contribution in [-0.2, 0) is 9.53 Å². The van der Waals surface area contributed by atoms with Crippen LogP contribution in [0.3, 0.4) is 0 Å². The van der Waals surface area contributed by atoms with Gasteiger partial charge in [0.05, 0.1) is 41.0 Å². The van der Waals surface area contributed by atoms with Gasteiger partial charge in [-0.15, -0.1) is 11.3 Å². The second kappa shape index (κ2) is 10.5. The lowest BCUT2D eigenvalue weighted by Crippen LogP contribution is -2.16. The fourth-order valence-electron chi connectivity index (χ4n) is 3.14. The zero-order valence-electron chi connectivity index (χ0n) is 18.5. The Kier molecular flexibility index (Phi) is 7.68. The lowest BCUT2D eigenvalue weighted by Gasteiger charge is -2.08. The minimum absolute atomic E-state index is 0.0437. The molecule has 3 rings (SSSR count). The van der Waals surface area contributed by atoms with E-state index in [4.69, 9.17) is 9.47 Å². The Balaban J connectivity index is 1.81. The standard InChI is InChI=1S/C23H21N3O5S2/c1-5-31-23(29)19-12(2)20(13(3)27)33-22(19)26-18(28)11-32-21-15(10-24)8-14-9-16(30-4)6-7-17(14)25-21/h6-9H,5,11H2,1-4H3,(H,26,28). The number of benzene rings is 1. The number of nitrogens with one attached hydrogen (secondary N) is 1. The van der Waals surface area contributed by atoms with Gasteiger partial charge in [-0.2, -0.15) is 5.26 Å². The molecule has 0 fully saturated rings. The van der Waals surface area contributed by atoms with Crippen LogP contribution in [0, 0.1) is 18.3 Å². The zero-order valence-corrected chi connectivity index (χ0v) is 20.1. The molecule has 0 aliphatic heterocycles. The van der Waals surface area contributed by atoms with Crippen LogP contribution in [0.2, 0.25) is 0 Å². The summed E-state index contributed by atoms with van der Waals surface area (Å²) in [5, 5.41) is 13.7. The second-order valence-corrected chi connectivity index (χ2v) is 8.87. The summed E-state index contributed by atoms with van der Waals surface area (Å²) >= 11 is 2.15. The number of amides is 1. The minimum atomic E-state index is -0.597. The molecule has 0 radical (unpaired) electrons. The van der Waals surface area contributed by atoms with E-state index in [1.807, 2.05) is 0 Å². The number of hydrogen-bond acceptors (Lipinski definition) is 9. The third kappa shape index (κ3) is 5.32. The van der Waals surface area contributed by atoms with Crippen molar-refractivity contribution in [2.45, 2.75) is 25.8 Å². The van der Waals surface area contributed by atoms with E-state index in [2.05, 4.69) is 16.4 Å². The number of nitriles is 1. The molecule has 1 amide bonds. The molecule has 0 spiro atoms. The van der Waals surface area contributed by atoms with Crippen molar-refractivity contribution in [2.24, 2.45) is 0 Å². The summed E-state index contributed by atoms with van der Waals surface area (Å²) in [6.45, 7) is 4.90. The lowest BCUT2D eigenvalue weighted by atomic mass is 10.1. The smallest absolute Gasteiger partial charge is 0.341 e. The van der Waals surface area contributed by atoms with Gasteiger partial charge in [-0.3, -0.25) is 9.59 Å². The van der Waals surface area contributed by atoms with Gasteiger partial charge in [0.2, 0.25) is 5.91 Å². The number of esters is 1. The van der Waals surface area contributed by atoms with Crippen LogP contribution in [0.15, 0.2) is 29.3 Å². The van der Waals surface area contributed by atoms with E-state index in [-0.39, 0.29) is 28.7 Å². The Hall–Kier alpha value is -3.42.